The minimum atomic E-state index is -5.00. The molecule has 4 aromatic rings. The largest absolute Gasteiger partial charge is 0.497 e. The molecule has 186 valence electrons. The van der Waals surface area contributed by atoms with Crippen LogP contribution in [0, 0.1) is 0 Å². The number of alkyl halides is 3. The predicted octanol–water partition coefficient (Wildman–Crippen LogP) is 5.98. The summed E-state index contributed by atoms with van der Waals surface area (Å²) < 4.78 is 67.1. The Hall–Kier alpha value is -4.47. The first-order valence-electron chi connectivity index (χ1n) is 10.5. The Morgan fingerprint density at radius 2 is 1.64 bits per heavy atom. The van der Waals surface area contributed by atoms with Crippen molar-refractivity contribution in [2.45, 2.75) is 12.8 Å². The van der Waals surface area contributed by atoms with E-state index >= 15 is 0 Å². The van der Waals surface area contributed by atoms with Crippen LogP contribution < -0.4 is 19.6 Å². The van der Waals surface area contributed by atoms with Crippen LogP contribution in [0.25, 0.3) is 11.0 Å². The molecule has 3 aromatic carbocycles. The Morgan fingerprint density at radius 3 is 2.31 bits per heavy atom. The highest BCUT2D eigenvalue weighted by Gasteiger charge is 2.40. The van der Waals surface area contributed by atoms with E-state index in [9.17, 15) is 22.8 Å². The smallest absolute Gasteiger partial charge is 0.453 e. The summed E-state index contributed by atoms with van der Waals surface area (Å²) in [5.41, 5.74) is -0.247. The maximum Gasteiger partial charge on any atom is 0.453 e. The first-order valence-corrected chi connectivity index (χ1v) is 10.5. The van der Waals surface area contributed by atoms with Gasteiger partial charge in [0.1, 0.15) is 29.4 Å². The Labute approximate surface area is 202 Å². The van der Waals surface area contributed by atoms with Crippen molar-refractivity contribution in [3.05, 3.63) is 93.8 Å². The van der Waals surface area contributed by atoms with Gasteiger partial charge in [-0.2, -0.15) is 13.2 Å². The molecule has 7 nitrogen and oxygen atoms in total. The van der Waals surface area contributed by atoms with Gasteiger partial charge in [-0.3, -0.25) is 4.79 Å². The van der Waals surface area contributed by atoms with Crippen LogP contribution in [0.2, 0.25) is 0 Å². The van der Waals surface area contributed by atoms with Gasteiger partial charge >= 0.3 is 12.1 Å². The number of halogens is 3. The molecule has 0 aliphatic rings. The number of ether oxygens (including phenoxy) is 4. The van der Waals surface area contributed by atoms with Gasteiger partial charge in [0.25, 0.3) is 5.76 Å². The van der Waals surface area contributed by atoms with Crippen LogP contribution in [0.1, 0.15) is 21.7 Å². The molecule has 0 aliphatic heterocycles. The van der Waals surface area contributed by atoms with Gasteiger partial charge in [0.2, 0.25) is 11.2 Å². The topological polar surface area (TPSA) is 84.2 Å². The average molecular weight is 500 g/mol. The van der Waals surface area contributed by atoms with Gasteiger partial charge in [-0.05, 0) is 42.0 Å². The zero-order valence-corrected chi connectivity index (χ0v) is 19.0. The second-order valence-corrected chi connectivity index (χ2v) is 7.50. The highest BCUT2D eigenvalue weighted by atomic mass is 19.4. The normalized spacial score (nSPS) is 11.2. The van der Waals surface area contributed by atoms with Crippen LogP contribution in [0.5, 0.6) is 23.0 Å². The molecular weight excluding hydrogens is 481 g/mol. The van der Waals surface area contributed by atoms with Crippen molar-refractivity contribution in [1.82, 2.24) is 0 Å². The maximum atomic E-state index is 13.8. The molecular formula is C26H19F3O7. The van der Waals surface area contributed by atoms with Gasteiger partial charge in [-0.1, -0.05) is 18.2 Å². The van der Waals surface area contributed by atoms with E-state index in [-0.39, 0.29) is 29.1 Å². The fraction of sp³-hybridized carbons (Fsp3) is 0.154. The van der Waals surface area contributed by atoms with Crippen molar-refractivity contribution in [3.8, 4) is 23.0 Å². The molecule has 0 bridgehead atoms. The number of benzene rings is 3. The minimum absolute atomic E-state index is 0.0235. The van der Waals surface area contributed by atoms with E-state index in [4.69, 9.17) is 18.6 Å². The number of carbonyl (C=O) groups excluding carboxylic acids is 1. The van der Waals surface area contributed by atoms with Gasteiger partial charge in [0.05, 0.1) is 25.2 Å². The number of methoxy groups -OCH3 is 2. The van der Waals surface area contributed by atoms with Crippen molar-refractivity contribution in [1.29, 1.82) is 0 Å². The van der Waals surface area contributed by atoms with Crippen LogP contribution in [-0.2, 0) is 17.5 Å². The molecule has 0 unspecified atom stereocenters. The molecule has 1 aromatic heterocycles. The summed E-state index contributed by atoms with van der Waals surface area (Å²) in [6.07, 6.45) is -5.00. The molecule has 10 heteroatoms. The predicted molar refractivity (Wildman–Crippen MR) is 123 cm³/mol. The summed E-state index contributed by atoms with van der Waals surface area (Å²) in [5.74, 6) is -2.54. The fourth-order valence-corrected chi connectivity index (χ4v) is 3.33. The Balaban J connectivity index is 1.64. The summed E-state index contributed by atoms with van der Waals surface area (Å²) in [6, 6.07) is 16.2. The highest BCUT2D eigenvalue weighted by molar-refractivity contribution is 5.89. The fourth-order valence-electron chi connectivity index (χ4n) is 3.33. The van der Waals surface area contributed by atoms with Crippen molar-refractivity contribution < 1.29 is 41.3 Å². The molecule has 36 heavy (non-hydrogen) atoms. The quantitative estimate of drug-likeness (QED) is 0.289. The lowest BCUT2D eigenvalue weighted by Gasteiger charge is -2.14. The Morgan fingerprint density at radius 1 is 0.917 bits per heavy atom. The van der Waals surface area contributed by atoms with E-state index in [1.807, 2.05) is 0 Å². The Bertz CT molecular complexity index is 1460. The molecule has 0 fully saturated rings. The Kier molecular flexibility index (Phi) is 6.86. The van der Waals surface area contributed by atoms with Gasteiger partial charge in [0.15, 0.2) is 0 Å². The number of carbonyl (C=O) groups is 1. The summed E-state index contributed by atoms with van der Waals surface area (Å²) in [5, 5.41) is -0.115. The number of esters is 1. The van der Waals surface area contributed by atoms with Gasteiger partial charge in [0, 0.05) is 12.1 Å². The molecule has 0 saturated heterocycles. The average Bonchev–Trinajstić information content (AvgIpc) is 2.88. The zero-order chi connectivity index (χ0) is 25.9. The third kappa shape index (κ3) is 5.27. The van der Waals surface area contributed by atoms with Crippen molar-refractivity contribution in [2.75, 3.05) is 14.2 Å². The summed E-state index contributed by atoms with van der Waals surface area (Å²) in [7, 11) is 2.66. The first-order chi connectivity index (χ1) is 17.2. The van der Waals surface area contributed by atoms with E-state index in [1.165, 1.54) is 50.6 Å². The molecule has 0 amide bonds. The van der Waals surface area contributed by atoms with E-state index < -0.39 is 29.1 Å². The summed E-state index contributed by atoms with van der Waals surface area (Å²) in [4.78, 5) is 24.5. The molecule has 0 radical (unpaired) electrons. The molecule has 0 spiro atoms. The molecule has 0 N–H and O–H groups in total. The second-order valence-electron chi connectivity index (χ2n) is 7.50. The van der Waals surface area contributed by atoms with Crippen LogP contribution in [0.15, 0.2) is 75.9 Å². The molecule has 0 saturated carbocycles. The zero-order valence-electron chi connectivity index (χ0n) is 19.0. The van der Waals surface area contributed by atoms with Crippen LogP contribution in [0.3, 0.4) is 0 Å². The van der Waals surface area contributed by atoms with E-state index in [1.54, 1.807) is 30.3 Å². The molecule has 0 aliphatic carbocycles. The van der Waals surface area contributed by atoms with Crippen molar-refractivity contribution >= 4 is 16.9 Å². The van der Waals surface area contributed by atoms with Crippen molar-refractivity contribution in [3.63, 3.8) is 0 Å². The third-order valence-electron chi connectivity index (χ3n) is 5.12. The lowest BCUT2D eigenvalue weighted by atomic mass is 10.1. The monoisotopic (exact) mass is 500 g/mol. The van der Waals surface area contributed by atoms with E-state index in [0.29, 0.717) is 16.9 Å². The van der Waals surface area contributed by atoms with E-state index in [2.05, 4.69) is 4.74 Å². The lowest BCUT2D eigenvalue weighted by molar-refractivity contribution is -0.154. The molecule has 4 rings (SSSR count). The summed E-state index contributed by atoms with van der Waals surface area (Å²) >= 11 is 0. The first kappa shape index (κ1) is 24.6. The van der Waals surface area contributed by atoms with Crippen LogP contribution >= 0.6 is 0 Å². The van der Waals surface area contributed by atoms with Gasteiger partial charge < -0.3 is 23.4 Å². The third-order valence-corrected chi connectivity index (χ3v) is 5.12. The van der Waals surface area contributed by atoms with Crippen LogP contribution in [-0.4, -0.2) is 20.2 Å². The standard InChI is InChI=1S/C26H19F3O7/c1-32-17-4-3-5-19(12-17)35-23-22(30)20-11-10-18(13-21(20)36-24(23)26(27,28)29)34-14-15-6-8-16(9-7-15)25(31)33-2/h3-13H,14H2,1-2H3. The SMILES string of the molecule is COC(=O)c1ccc(COc2ccc3c(=O)c(Oc4cccc(OC)c4)c(C(F)(F)F)oc3c2)cc1. The number of rotatable bonds is 7. The minimum Gasteiger partial charge on any atom is -0.497 e. The van der Waals surface area contributed by atoms with Gasteiger partial charge in [-0.25, -0.2) is 4.79 Å². The highest BCUT2D eigenvalue weighted by Crippen LogP contribution is 2.39. The summed E-state index contributed by atoms with van der Waals surface area (Å²) in [6.45, 7) is 0.0559. The molecule has 0 atom stereocenters. The molecule has 1 heterocycles. The van der Waals surface area contributed by atoms with Crippen LogP contribution in [0.4, 0.5) is 13.2 Å². The van der Waals surface area contributed by atoms with Crippen molar-refractivity contribution in [2.24, 2.45) is 0 Å². The second kappa shape index (κ2) is 10.0. The van der Waals surface area contributed by atoms with E-state index in [0.717, 1.165) is 0 Å². The number of hydrogen-bond donors (Lipinski definition) is 0. The maximum absolute atomic E-state index is 13.8. The lowest BCUT2D eigenvalue weighted by Crippen LogP contribution is -2.15. The van der Waals surface area contributed by atoms with Gasteiger partial charge in [-0.15, -0.1) is 0 Å². The number of hydrogen-bond acceptors (Lipinski definition) is 7. The number of fused-ring (bicyclic) bond motifs is 1.